The normalized spacial score (nSPS) is 24.6. The predicted octanol–water partition coefficient (Wildman–Crippen LogP) is 3.80. The van der Waals surface area contributed by atoms with Crippen molar-refractivity contribution < 1.29 is 9.90 Å². The number of hydrogen-bond donors (Lipinski definition) is 1. The molecule has 0 saturated heterocycles. The number of allylic oxidation sites excluding steroid dienone is 3. The molecular weight excluding hydrogens is 286 g/mol. The first kappa shape index (κ1) is 16.0. The van der Waals surface area contributed by atoms with Crippen molar-refractivity contribution in [2.45, 2.75) is 51.2 Å². The molecule has 3 rings (SSSR count). The summed E-state index contributed by atoms with van der Waals surface area (Å²) in [6.45, 7) is 4.67. The van der Waals surface area contributed by atoms with Crippen LogP contribution in [-0.2, 0) is 5.54 Å². The molecule has 122 valence electrons. The molecule has 3 nitrogen and oxygen atoms in total. The Kier molecular flexibility index (Phi) is 4.40. The SMILES string of the molecule is CCCC(O)C1(C)c2ccccc2C(=O)N1CC1=CC=CCC1. The molecule has 0 saturated carbocycles. The highest BCUT2D eigenvalue weighted by Gasteiger charge is 2.50. The maximum Gasteiger partial charge on any atom is 0.255 e. The minimum atomic E-state index is -0.647. The number of aliphatic hydroxyl groups is 1. The van der Waals surface area contributed by atoms with Crippen molar-refractivity contribution in [2.24, 2.45) is 0 Å². The number of carbonyl (C=O) groups is 1. The molecule has 23 heavy (non-hydrogen) atoms. The fraction of sp³-hybridized carbons (Fsp3) is 0.450. The van der Waals surface area contributed by atoms with Crippen LogP contribution in [0.25, 0.3) is 0 Å². The second-order valence-electron chi connectivity index (χ2n) is 6.68. The average Bonchev–Trinajstić information content (AvgIpc) is 2.80. The van der Waals surface area contributed by atoms with Crippen molar-refractivity contribution in [1.29, 1.82) is 0 Å². The Balaban J connectivity index is 2.01. The second-order valence-corrected chi connectivity index (χ2v) is 6.68. The predicted molar refractivity (Wildman–Crippen MR) is 92.2 cm³/mol. The van der Waals surface area contributed by atoms with Crippen LogP contribution in [0.15, 0.2) is 48.1 Å². The molecule has 1 amide bonds. The summed E-state index contributed by atoms with van der Waals surface area (Å²) in [6, 6.07) is 7.72. The van der Waals surface area contributed by atoms with Crippen LogP contribution >= 0.6 is 0 Å². The number of rotatable bonds is 5. The van der Waals surface area contributed by atoms with Gasteiger partial charge in [0.05, 0.1) is 11.6 Å². The third-order valence-corrected chi connectivity index (χ3v) is 5.18. The highest BCUT2D eigenvalue weighted by molar-refractivity contribution is 6.00. The van der Waals surface area contributed by atoms with Gasteiger partial charge in [-0.25, -0.2) is 0 Å². The van der Waals surface area contributed by atoms with E-state index in [4.69, 9.17) is 0 Å². The van der Waals surface area contributed by atoms with E-state index < -0.39 is 11.6 Å². The maximum absolute atomic E-state index is 13.0. The third kappa shape index (κ3) is 2.63. The molecule has 0 bridgehead atoms. The van der Waals surface area contributed by atoms with Gasteiger partial charge in [-0.15, -0.1) is 0 Å². The van der Waals surface area contributed by atoms with E-state index >= 15 is 0 Å². The van der Waals surface area contributed by atoms with Crippen molar-refractivity contribution in [2.75, 3.05) is 6.54 Å². The quantitative estimate of drug-likeness (QED) is 0.898. The zero-order valence-electron chi connectivity index (χ0n) is 14.0. The summed E-state index contributed by atoms with van der Waals surface area (Å²) in [5.74, 6) is 0.0358. The Hall–Kier alpha value is -1.87. The van der Waals surface area contributed by atoms with Crippen LogP contribution in [0, 0.1) is 0 Å². The summed E-state index contributed by atoms with van der Waals surface area (Å²) in [4.78, 5) is 14.8. The standard InChI is InChI=1S/C20H25NO2/c1-3-9-18(22)20(2)17-13-8-7-12-16(17)19(23)21(20)14-15-10-5-4-6-11-15/h4-5,7-8,10,12-13,18,22H,3,6,9,11,14H2,1-2H3. The molecule has 0 aromatic heterocycles. The van der Waals surface area contributed by atoms with Crippen molar-refractivity contribution in [1.82, 2.24) is 4.90 Å². The van der Waals surface area contributed by atoms with Gasteiger partial charge < -0.3 is 10.0 Å². The number of amides is 1. The number of benzene rings is 1. The maximum atomic E-state index is 13.0. The Morgan fingerprint density at radius 2 is 2.13 bits per heavy atom. The van der Waals surface area contributed by atoms with Gasteiger partial charge in [0.25, 0.3) is 5.91 Å². The van der Waals surface area contributed by atoms with E-state index in [0.29, 0.717) is 13.0 Å². The van der Waals surface area contributed by atoms with E-state index in [1.807, 2.05) is 36.1 Å². The minimum Gasteiger partial charge on any atom is -0.390 e. The largest absolute Gasteiger partial charge is 0.390 e. The zero-order valence-corrected chi connectivity index (χ0v) is 14.0. The van der Waals surface area contributed by atoms with E-state index in [2.05, 4.69) is 25.2 Å². The molecule has 1 aromatic carbocycles. The van der Waals surface area contributed by atoms with Gasteiger partial charge in [0.1, 0.15) is 0 Å². The van der Waals surface area contributed by atoms with E-state index in [9.17, 15) is 9.90 Å². The Morgan fingerprint density at radius 1 is 1.35 bits per heavy atom. The fourth-order valence-electron chi connectivity index (χ4n) is 3.75. The number of hydrogen-bond acceptors (Lipinski definition) is 2. The Bertz CT molecular complexity index is 661. The Morgan fingerprint density at radius 3 is 2.83 bits per heavy atom. The summed E-state index contributed by atoms with van der Waals surface area (Å²) in [5, 5.41) is 10.8. The summed E-state index contributed by atoms with van der Waals surface area (Å²) < 4.78 is 0. The molecule has 3 heteroatoms. The van der Waals surface area contributed by atoms with Gasteiger partial charge in [-0.05, 0) is 37.8 Å². The van der Waals surface area contributed by atoms with E-state index in [-0.39, 0.29) is 5.91 Å². The molecule has 1 aliphatic carbocycles. The van der Waals surface area contributed by atoms with Gasteiger partial charge in [-0.3, -0.25) is 4.79 Å². The van der Waals surface area contributed by atoms with Crippen LogP contribution in [0.1, 0.15) is 55.5 Å². The molecule has 2 atom stereocenters. The van der Waals surface area contributed by atoms with Crippen LogP contribution in [0.5, 0.6) is 0 Å². The van der Waals surface area contributed by atoms with Crippen LogP contribution < -0.4 is 0 Å². The average molecular weight is 311 g/mol. The van der Waals surface area contributed by atoms with E-state index in [0.717, 1.165) is 30.4 Å². The van der Waals surface area contributed by atoms with Crippen LogP contribution in [0.3, 0.4) is 0 Å². The van der Waals surface area contributed by atoms with Gasteiger partial charge >= 0.3 is 0 Å². The lowest BCUT2D eigenvalue weighted by atomic mass is 9.83. The van der Waals surface area contributed by atoms with Gasteiger partial charge in [0, 0.05) is 12.1 Å². The molecule has 1 heterocycles. The third-order valence-electron chi connectivity index (χ3n) is 5.18. The molecular formula is C20H25NO2. The number of fused-ring (bicyclic) bond motifs is 1. The minimum absolute atomic E-state index is 0.0358. The molecule has 2 unspecified atom stereocenters. The van der Waals surface area contributed by atoms with Gasteiger partial charge in [-0.2, -0.15) is 0 Å². The van der Waals surface area contributed by atoms with Crippen molar-refractivity contribution in [3.05, 3.63) is 59.2 Å². The molecule has 0 spiro atoms. The lowest BCUT2D eigenvalue weighted by Gasteiger charge is -2.40. The molecule has 1 N–H and O–H groups in total. The van der Waals surface area contributed by atoms with Gasteiger partial charge in [0.15, 0.2) is 0 Å². The topological polar surface area (TPSA) is 40.5 Å². The first-order valence-electron chi connectivity index (χ1n) is 8.53. The summed E-state index contributed by atoms with van der Waals surface area (Å²) >= 11 is 0. The Labute approximate surface area is 138 Å². The summed E-state index contributed by atoms with van der Waals surface area (Å²) in [7, 11) is 0. The summed E-state index contributed by atoms with van der Waals surface area (Å²) in [6.07, 6.45) is 9.35. The molecule has 0 fully saturated rings. The smallest absolute Gasteiger partial charge is 0.255 e. The van der Waals surface area contributed by atoms with Crippen LogP contribution in [0.4, 0.5) is 0 Å². The van der Waals surface area contributed by atoms with Gasteiger partial charge in [-0.1, -0.05) is 55.3 Å². The number of aliphatic hydroxyl groups excluding tert-OH is 1. The molecule has 1 aliphatic heterocycles. The highest BCUT2D eigenvalue weighted by Crippen LogP contribution is 2.43. The highest BCUT2D eigenvalue weighted by atomic mass is 16.3. The zero-order chi connectivity index (χ0) is 16.4. The summed E-state index contributed by atoms with van der Waals surface area (Å²) in [5.41, 5.74) is 2.30. The van der Waals surface area contributed by atoms with Crippen LogP contribution in [0.2, 0.25) is 0 Å². The first-order valence-corrected chi connectivity index (χ1v) is 8.53. The number of nitrogens with zero attached hydrogens (tertiary/aromatic N) is 1. The van der Waals surface area contributed by atoms with E-state index in [1.54, 1.807) is 0 Å². The van der Waals surface area contributed by atoms with E-state index in [1.165, 1.54) is 5.57 Å². The molecule has 2 aliphatic rings. The van der Waals surface area contributed by atoms with Crippen molar-refractivity contribution >= 4 is 5.91 Å². The first-order chi connectivity index (χ1) is 11.1. The molecule has 1 aromatic rings. The fourth-order valence-corrected chi connectivity index (χ4v) is 3.75. The lowest BCUT2D eigenvalue weighted by Crippen LogP contribution is -2.50. The second kappa shape index (κ2) is 6.32. The number of carbonyl (C=O) groups excluding carboxylic acids is 1. The molecule has 0 radical (unpaired) electrons. The monoisotopic (exact) mass is 311 g/mol. The van der Waals surface area contributed by atoms with Crippen LogP contribution in [-0.4, -0.2) is 28.6 Å². The van der Waals surface area contributed by atoms with Crippen molar-refractivity contribution in [3.63, 3.8) is 0 Å². The van der Waals surface area contributed by atoms with Gasteiger partial charge in [0.2, 0.25) is 0 Å². The lowest BCUT2D eigenvalue weighted by molar-refractivity contribution is -0.00735. The van der Waals surface area contributed by atoms with Crippen molar-refractivity contribution in [3.8, 4) is 0 Å².